The number of benzene rings is 1. The van der Waals surface area contributed by atoms with Gasteiger partial charge < -0.3 is 4.74 Å². The number of allylic oxidation sites excluding steroid dienone is 4. The Hall–Kier alpha value is -1.71. The summed E-state index contributed by atoms with van der Waals surface area (Å²) >= 11 is 0. The number of halogens is 3. The van der Waals surface area contributed by atoms with Crippen molar-refractivity contribution in [1.82, 2.24) is 0 Å². The Bertz CT molecular complexity index is 605. The Morgan fingerprint density at radius 3 is 2.21 bits per heavy atom. The van der Waals surface area contributed by atoms with E-state index in [0.29, 0.717) is 5.92 Å². The van der Waals surface area contributed by atoms with Crippen LogP contribution < -0.4 is 4.74 Å². The van der Waals surface area contributed by atoms with E-state index in [9.17, 15) is 13.2 Å². The number of ether oxygens (including phenoxy) is 1. The van der Waals surface area contributed by atoms with Crippen molar-refractivity contribution in [1.29, 1.82) is 0 Å². The van der Waals surface area contributed by atoms with Gasteiger partial charge in [-0.15, -0.1) is 13.2 Å². The van der Waals surface area contributed by atoms with Crippen molar-refractivity contribution < 1.29 is 17.9 Å². The minimum atomic E-state index is -4.64. The number of rotatable bonds is 3. The predicted octanol–water partition coefficient (Wildman–Crippen LogP) is 6.37. The average Bonchev–Trinajstić information content (AvgIpc) is 2.55. The van der Waals surface area contributed by atoms with Gasteiger partial charge in [0, 0.05) is 0 Å². The molecule has 1 fully saturated rings. The van der Waals surface area contributed by atoms with Crippen molar-refractivity contribution in [2.45, 2.75) is 45.4 Å². The monoisotopic (exact) mass is 336 g/mol. The van der Waals surface area contributed by atoms with Crippen molar-refractivity contribution in [3.05, 3.63) is 48.1 Å². The maximum atomic E-state index is 12.2. The lowest BCUT2D eigenvalue weighted by atomic mass is 9.74. The molecule has 0 aromatic heterocycles. The summed E-state index contributed by atoms with van der Waals surface area (Å²) in [5.41, 5.74) is 2.01. The van der Waals surface area contributed by atoms with Gasteiger partial charge >= 0.3 is 6.36 Å². The molecule has 0 radical (unpaired) electrons. The van der Waals surface area contributed by atoms with Crippen LogP contribution in [0.5, 0.6) is 5.75 Å². The van der Waals surface area contributed by atoms with Crippen LogP contribution in [0, 0.1) is 17.8 Å². The van der Waals surface area contributed by atoms with Crippen LogP contribution in [-0.2, 0) is 0 Å². The fourth-order valence-electron chi connectivity index (χ4n) is 3.76. The van der Waals surface area contributed by atoms with Gasteiger partial charge in [0.05, 0.1) is 0 Å². The molecule has 1 nitrogen and oxygen atoms in total. The Labute approximate surface area is 141 Å². The molecule has 1 aromatic rings. The molecule has 2 aliphatic rings. The van der Waals surface area contributed by atoms with Crippen molar-refractivity contribution >= 4 is 5.57 Å². The SMILES string of the molecule is CC1CCC(C2C=CC(c3ccc(OC(F)(F)F)cc3)=CC2)CC1. The molecule has 0 saturated heterocycles. The summed E-state index contributed by atoms with van der Waals surface area (Å²) in [7, 11) is 0. The van der Waals surface area contributed by atoms with Gasteiger partial charge in [-0.3, -0.25) is 0 Å². The second-order valence-corrected chi connectivity index (χ2v) is 7.01. The van der Waals surface area contributed by atoms with E-state index in [4.69, 9.17) is 0 Å². The highest BCUT2D eigenvalue weighted by Gasteiger charge is 2.31. The van der Waals surface area contributed by atoms with E-state index in [-0.39, 0.29) is 5.75 Å². The lowest BCUT2D eigenvalue weighted by Crippen LogP contribution is -2.20. The molecule has 1 aromatic carbocycles. The van der Waals surface area contributed by atoms with Gasteiger partial charge in [-0.2, -0.15) is 0 Å². The molecular formula is C20H23F3O. The van der Waals surface area contributed by atoms with Gasteiger partial charge in [0.1, 0.15) is 5.75 Å². The first-order valence-corrected chi connectivity index (χ1v) is 8.65. The number of hydrogen-bond donors (Lipinski definition) is 0. The lowest BCUT2D eigenvalue weighted by Gasteiger charge is -2.32. The molecule has 0 bridgehead atoms. The van der Waals surface area contributed by atoms with Crippen LogP contribution in [0.25, 0.3) is 5.57 Å². The van der Waals surface area contributed by atoms with Crippen LogP contribution in [0.4, 0.5) is 13.2 Å². The molecule has 1 unspecified atom stereocenters. The molecule has 3 rings (SSSR count). The molecule has 2 aliphatic carbocycles. The molecule has 1 saturated carbocycles. The largest absolute Gasteiger partial charge is 0.573 e. The summed E-state index contributed by atoms with van der Waals surface area (Å²) in [6.07, 6.45) is 8.26. The highest BCUT2D eigenvalue weighted by atomic mass is 19.4. The summed E-state index contributed by atoms with van der Waals surface area (Å²) in [5.74, 6) is 2.06. The fourth-order valence-corrected chi connectivity index (χ4v) is 3.76. The Morgan fingerprint density at radius 2 is 1.67 bits per heavy atom. The smallest absolute Gasteiger partial charge is 0.406 e. The second kappa shape index (κ2) is 7.04. The van der Waals surface area contributed by atoms with Crippen LogP contribution in [0.2, 0.25) is 0 Å². The zero-order valence-electron chi connectivity index (χ0n) is 13.9. The van der Waals surface area contributed by atoms with E-state index < -0.39 is 6.36 Å². The maximum Gasteiger partial charge on any atom is 0.573 e. The highest BCUT2D eigenvalue weighted by molar-refractivity contribution is 5.75. The number of alkyl halides is 3. The Morgan fingerprint density at radius 1 is 1.00 bits per heavy atom. The zero-order valence-corrected chi connectivity index (χ0v) is 13.9. The Balaban J connectivity index is 1.60. The Kier molecular flexibility index (Phi) is 5.02. The molecule has 130 valence electrons. The van der Waals surface area contributed by atoms with Gasteiger partial charge in [0.25, 0.3) is 0 Å². The van der Waals surface area contributed by atoms with Crippen molar-refractivity contribution in [2.75, 3.05) is 0 Å². The standard InChI is InChI=1S/C20H23F3O/c1-14-2-4-15(5-3-14)16-6-8-17(9-7-16)18-10-12-19(13-11-18)24-20(21,22)23/h6,8-16H,2-5,7H2,1H3. The molecule has 24 heavy (non-hydrogen) atoms. The van der Waals surface area contributed by atoms with E-state index in [1.807, 2.05) is 0 Å². The lowest BCUT2D eigenvalue weighted by molar-refractivity contribution is -0.274. The van der Waals surface area contributed by atoms with Gasteiger partial charge in [0.2, 0.25) is 0 Å². The molecular weight excluding hydrogens is 313 g/mol. The first kappa shape index (κ1) is 17.1. The van der Waals surface area contributed by atoms with E-state index >= 15 is 0 Å². The van der Waals surface area contributed by atoms with Gasteiger partial charge in [-0.1, -0.05) is 50.1 Å². The second-order valence-electron chi connectivity index (χ2n) is 7.01. The van der Waals surface area contributed by atoms with E-state index in [0.717, 1.165) is 29.4 Å². The van der Waals surface area contributed by atoms with Crippen LogP contribution in [0.3, 0.4) is 0 Å². The molecule has 1 atom stereocenters. The number of hydrogen-bond acceptors (Lipinski definition) is 1. The molecule has 0 N–H and O–H groups in total. The summed E-state index contributed by atoms with van der Waals surface area (Å²) in [4.78, 5) is 0. The summed E-state index contributed by atoms with van der Waals surface area (Å²) in [6.45, 7) is 2.33. The third kappa shape index (κ3) is 4.43. The van der Waals surface area contributed by atoms with E-state index in [1.165, 1.54) is 37.8 Å². The van der Waals surface area contributed by atoms with Crippen molar-refractivity contribution in [3.8, 4) is 5.75 Å². The third-order valence-corrected chi connectivity index (χ3v) is 5.22. The maximum absolute atomic E-state index is 12.2. The van der Waals surface area contributed by atoms with Crippen LogP contribution >= 0.6 is 0 Å². The van der Waals surface area contributed by atoms with Crippen LogP contribution in [0.15, 0.2) is 42.5 Å². The van der Waals surface area contributed by atoms with Crippen molar-refractivity contribution in [2.24, 2.45) is 17.8 Å². The van der Waals surface area contributed by atoms with Gasteiger partial charge in [-0.25, -0.2) is 0 Å². The van der Waals surface area contributed by atoms with Gasteiger partial charge in [0.15, 0.2) is 0 Å². The molecule has 0 spiro atoms. The minimum absolute atomic E-state index is 0.180. The average molecular weight is 336 g/mol. The topological polar surface area (TPSA) is 9.23 Å². The minimum Gasteiger partial charge on any atom is -0.406 e. The normalized spacial score (nSPS) is 27.7. The molecule has 0 amide bonds. The van der Waals surface area contributed by atoms with Gasteiger partial charge in [-0.05, 0) is 60.3 Å². The zero-order chi connectivity index (χ0) is 17.2. The first-order valence-electron chi connectivity index (χ1n) is 8.65. The van der Waals surface area contributed by atoms with Crippen LogP contribution in [0.1, 0.15) is 44.6 Å². The van der Waals surface area contributed by atoms with Crippen LogP contribution in [-0.4, -0.2) is 6.36 Å². The molecule has 4 heteroatoms. The molecule has 0 heterocycles. The van der Waals surface area contributed by atoms with E-state index in [1.54, 1.807) is 12.1 Å². The first-order chi connectivity index (χ1) is 11.4. The third-order valence-electron chi connectivity index (χ3n) is 5.22. The predicted molar refractivity (Wildman–Crippen MR) is 89.5 cm³/mol. The summed E-state index contributed by atoms with van der Waals surface area (Å²) in [6, 6.07) is 6.10. The highest BCUT2D eigenvalue weighted by Crippen LogP contribution is 2.38. The van der Waals surface area contributed by atoms with E-state index in [2.05, 4.69) is 29.9 Å². The molecule has 0 aliphatic heterocycles. The fraction of sp³-hybridized carbons (Fsp3) is 0.500. The summed E-state index contributed by atoms with van der Waals surface area (Å²) < 4.78 is 40.5. The summed E-state index contributed by atoms with van der Waals surface area (Å²) in [5, 5.41) is 0. The van der Waals surface area contributed by atoms with Crippen molar-refractivity contribution in [3.63, 3.8) is 0 Å². The quantitative estimate of drug-likeness (QED) is 0.623.